The lowest BCUT2D eigenvalue weighted by molar-refractivity contribution is 0.501. The Morgan fingerprint density at radius 3 is 1.76 bits per heavy atom. The number of H-pyrrole nitrogens is 2. The molecule has 0 radical (unpaired) electrons. The van der Waals surface area contributed by atoms with Crippen LogP contribution >= 0.6 is 11.3 Å². The second kappa shape index (κ2) is 17.0. The van der Waals surface area contributed by atoms with Crippen molar-refractivity contribution in [3.8, 4) is 0 Å². The summed E-state index contributed by atoms with van der Waals surface area (Å²) in [5.41, 5.74) is 6.96. The molecule has 5 aromatic heterocycles. The molecule has 0 bridgehead atoms. The zero-order valence-corrected chi connectivity index (χ0v) is 29.8. The second-order valence-electron chi connectivity index (χ2n) is 12.8. The van der Waals surface area contributed by atoms with Crippen molar-refractivity contribution in [2.45, 2.75) is 86.5 Å². The monoisotopic (exact) mass is 675 g/mol. The zero-order chi connectivity index (χ0) is 34.2. The normalized spacial score (nSPS) is 11.0. The number of pyridine rings is 1. The van der Waals surface area contributed by atoms with Crippen LogP contribution in [0.1, 0.15) is 109 Å². The molecule has 256 valence electrons. The number of rotatable bonds is 4. The number of aromatic nitrogens is 7. The maximum absolute atomic E-state index is 5.52. The maximum Gasteiger partial charge on any atom is 0.198 e. The standard InChI is InChI=1S/C10H12N2.C10H11NO.C10H11NS.C9H11N3.CH4/c3*1-7(2)10-11-8-5-3-4-6-9(8)12-10;1-6(2)8-11-7-4-3-5-10-9(7)12-8;/h3-7H,1-2H3,(H,11,12);2*3-7H,1-2H3;3-6H,1-2H3,(H,10,11,12);1H4. The van der Waals surface area contributed by atoms with E-state index in [0.717, 1.165) is 56.4 Å². The van der Waals surface area contributed by atoms with Crippen molar-refractivity contribution in [2.75, 3.05) is 0 Å². The van der Waals surface area contributed by atoms with Gasteiger partial charge in [0.15, 0.2) is 17.1 Å². The molecule has 0 aliphatic heterocycles. The first-order valence-electron chi connectivity index (χ1n) is 16.5. The Kier molecular flexibility index (Phi) is 12.8. The van der Waals surface area contributed by atoms with Crippen LogP contribution < -0.4 is 0 Å². The smallest absolute Gasteiger partial charge is 0.198 e. The molecule has 8 rings (SSSR count). The van der Waals surface area contributed by atoms with Gasteiger partial charge in [0.25, 0.3) is 0 Å². The van der Waals surface area contributed by atoms with Crippen LogP contribution in [0.3, 0.4) is 0 Å². The van der Waals surface area contributed by atoms with Crippen LogP contribution in [0, 0.1) is 0 Å². The number of benzene rings is 3. The SMILES string of the molecule is C.CC(C)c1nc2ccccc2[nH]1.CC(C)c1nc2ccccc2o1.CC(C)c1nc2ccccc2s1.CC(C)c1nc2ncccc2[nH]1. The van der Waals surface area contributed by atoms with Crippen molar-refractivity contribution in [1.29, 1.82) is 0 Å². The largest absolute Gasteiger partial charge is 0.440 e. The minimum atomic E-state index is 0. The van der Waals surface area contributed by atoms with E-state index < -0.39 is 0 Å². The lowest BCUT2D eigenvalue weighted by Crippen LogP contribution is -1.88. The highest BCUT2D eigenvalue weighted by Gasteiger charge is 2.08. The lowest BCUT2D eigenvalue weighted by Gasteiger charge is -1.95. The Bertz CT molecular complexity index is 1740. The lowest BCUT2D eigenvalue weighted by atomic mass is 10.2. The van der Waals surface area contributed by atoms with Crippen molar-refractivity contribution in [2.24, 2.45) is 0 Å². The van der Waals surface area contributed by atoms with E-state index in [-0.39, 0.29) is 7.43 Å². The fourth-order valence-corrected chi connectivity index (χ4v) is 5.63. The van der Waals surface area contributed by atoms with Crippen LogP contribution in [0.5, 0.6) is 0 Å². The topological polar surface area (TPSA) is 109 Å². The molecule has 0 aliphatic carbocycles. The number of fused-ring (bicyclic) bond motifs is 4. The molecule has 0 aliphatic rings. The number of aromatic amines is 2. The Balaban J connectivity index is 0.000000146. The quantitative estimate of drug-likeness (QED) is 0.192. The molecule has 8 nitrogen and oxygen atoms in total. The summed E-state index contributed by atoms with van der Waals surface area (Å²) in [6.45, 7) is 17.0. The molecule has 3 aromatic carbocycles. The summed E-state index contributed by atoms with van der Waals surface area (Å²) in [6, 6.07) is 28.1. The number of hydrogen-bond acceptors (Lipinski definition) is 7. The van der Waals surface area contributed by atoms with Crippen LogP contribution in [0.2, 0.25) is 0 Å². The number of thiazole rings is 1. The number of oxazole rings is 1. The molecule has 8 aromatic rings. The van der Waals surface area contributed by atoms with Crippen LogP contribution in [0.25, 0.3) is 43.5 Å². The van der Waals surface area contributed by atoms with E-state index in [2.05, 4.69) is 108 Å². The van der Waals surface area contributed by atoms with Crippen molar-refractivity contribution < 1.29 is 4.42 Å². The van der Waals surface area contributed by atoms with Crippen LogP contribution in [-0.2, 0) is 0 Å². The summed E-state index contributed by atoms with van der Waals surface area (Å²) in [5, 5.41) is 1.23. The summed E-state index contributed by atoms with van der Waals surface area (Å²) in [6.07, 6.45) is 1.76. The molecule has 5 heterocycles. The van der Waals surface area contributed by atoms with Gasteiger partial charge in [-0.15, -0.1) is 11.3 Å². The predicted octanol–water partition coefficient (Wildman–Crippen LogP) is 11.8. The molecule has 0 unspecified atom stereocenters. The zero-order valence-electron chi connectivity index (χ0n) is 29.0. The summed E-state index contributed by atoms with van der Waals surface area (Å²) >= 11 is 1.79. The van der Waals surface area contributed by atoms with Gasteiger partial charge in [0.05, 0.1) is 31.8 Å². The molecular weight excluding hydrogens is 627 g/mol. The number of imidazole rings is 2. The first-order chi connectivity index (χ1) is 23.1. The van der Waals surface area contributed by atoms with Gasteiger partial charge in [0, 0.05) is 29.9 Å². The van der Waals surface area contributed by atoms with Crippen LogP contribution in [-0.4, -0.2) is 34.9 Å². The maximum atomic E-state index is 5.52. The van der Waals surface area contributed by atoms with E-state index in [4.69, 9.17) is 4.42 Å². The average Bonchev–Trinajstić information content (AvgIpc) is 3.89. The molecule has 0 atom stereocenters. The first-order valence-corrected chi connectivity index (χ1v) is 17.4. The Morgan fingerprint density at radius 2 is 1.14 bits per heavy atom. The number of para-hydroxylation sites is 5. The Hall–Kier alpha value is -4.89. The minimum Gasteiger partial charge on any atom is -0.440 e. The summed E-state index contributed by atoms with van der Waals surface area (Å²) < 4.78 is 6.81. The number of hydrogen-bond donors (Lipinski definition) is 2. The molecule has 2 N–H and O–H groups in total. The molecule has 0 saturated heterocycles. The highest BCUT2D eigenvalue weighted by molar-refractivity contribution is 7.18. The van der Waals surface area contributed by atoms with Gasteiger partial charge >= 0.3 is 0 Å². The minimum absolute atomic E-state index is 0. The van der Waals surface area contributed by atoms with E-state index in [1.165, 1.54) is 9.71 Å². The van der Waals surface area contributed by atoms with Gasteiger partial charge in [-0.2, -0.15) is 0 Å². The molecule has 0 fully saturated rings. The van der Waals surface area contributed by atoms with Gasteiger partial charge in [0.1, 0.15) is 17.2 Å². The van der Waals surface area contributed by atoms with E-state index in [0.29, 0.717) is 23.7 Å². The van der Waals surface area contributed by atoms with Crippen LogP contribution in [0.15, 0.2) is 95.5 Å². The molecule has 49 heavy (non-hydrogen) atoms. The molecule has 0 spiro atoms. The third-order valence-corrected chi connectivity index (χ3v) is 8.72. The van der Waals surface area contributed by atoms with E-state index in [1.807, 2.05) is 66.7 Å². The highest BCUT2D eigenvalue weighted by atomic mass is 32.1. The number of nitrogens with zero attached hydrogens (tertiary/aromatic N) is 5. The van der Waals surface area contributed by atoms with Gasteiger partial charge in [-0.3, -0.25) is 0 Å². The van der Waals surface area contributed by atoms with Crippen molar-refractivity contribution in [1.82, 2.24) is 34.9 Å². The summed E-state index contributed by atoms with van der Waals surface area (Å²) in [4.78, 5) is 28.3. The Morgan fingerprint density at radius 1 is 0.551 bits per heavy atom. The van der Waals surface area contributed by atoms with E-state index in [9.17, 15) is 0 Å². The van der Waals surface area contributed by atoms with E-state index >= 15 is 0 Å². The van der Waals surface area contributed by atoms with Gasteiger partial charge in [-0.1, -0.05) is 99.2 Å². The fourth-order valence-electron chi connectivity index (χ4n) is 4.66. The number of nitrogens with one attached hydrogen (secondary N) is 2. The van der Waals surface area contributed by atoms with Crippen molar-refractivity contribution in [3.63, 3.8) is 0 Å². The first kappa shape index (κ1) is 36.9. The van der Waals surface area contributed by atoms with E-state index in [1.54, 1.807) is 17.5 Å². The van der Waals surface area contributed by atoms with Crippen molar-refractivity contribution >= 4 is 54.9 Å². The Labute approximate surface area is 293 Å². The van der Waals surface area contributed by atoms with Gasteiger partial charge < -0.3 is 14.4 Å². The van der Waals surface area contributed by atoms with Gasteiger partial charge in [-0.05, 0) is 48.5 Å². The molecular formula is C40H49N7OS. The van der Waals surface area contributed by atoms with Crippen LogP contribution in [0.4, 0.5) is 0 Å². The summed E-state index contributed by atoms with van der Waals surface area (Å²) in [5.74, 6) is 4.69. The summed E-state index contributed by atoms with van der Waals surface area (Å²) in [7, 11) is 0. The highest BCUT2D eigenvalue weighted by Crippen LogP contribution is 2.26. The third-order valence-electron chi connectivity index (χ3n) is 7.39. The van der Waals surface area contributed by atoms with Gasteiger partial charge in [0.2, 0.25) is 0 Å². The average molecular weight is 676 g/mol. The molecule has 9 heteroatoms. The molecule has 0 amide bonds. The van der Waals surface area contributed by atoms with Gasteiger partial charge in [-0.25, -0.2) is 24.9 Å². The predicted molar refractivity (Wildman–Crippen MR) is 207 cm³/mol. The second-order valence-corrected chi connectivity index (χ2v) is 13.9. The third kappa shape index (κ3) is 9.60. The van der Waals surface area contributed by atoms with Crippen molar-refractivity contribution in [3.05, 3.63) is 114 Å². The fraction of sp³-hybridized carbons (Fsp3) is 0.325. The molecule has 0 saturated carbocycles.